The van der Waals surface area contributed by atoms with Crippen LogP contribution in [0.25, 0.3) is 0 Å². The highest BCUT2D eigenvalue weighted by molar-refractivity contribution is 6.35. The Balaban J connectivity index is 2.16. The standard InChI is InChI=1S/C14H12Cl3N/c15-10-3-1-9(2-4-10)7-14(18)12-6-5-11(16)8-13(12)17/h1-6,8,14H,7,18H2. The van der Waals surface area contributed by atoms with Gasteiger partial charge < -0.3 is 5.73 Å². The monoisotopic (exact) mass is 299 g/mol. The summed E-state index contributed by atoms with van der Waals surface area (Å²) < 4.78 is 0. The topological polar surface area (TPSA) is 26.0 Å². The highest BCUT2D eigenvalue weighted by atomic mass is 35.5. The summed E-state index contributed by atoms with van der Waals surface area (Å²) in [5.41, 5.74) is 8.18. The lowest BCUT2D eigenvalue weighted by atomic mass is 10.00. The van der Waals surface area contributed by atoms with Gasteiger partial charge in [0.15, 0.2) is 0 Å². The van der Waals surface area contributed by atoms with Gasteiger partial charge in [0.2, 0.25) is 0 Å². The zero-order valence-electron chi connectivity index (χ0n) is 9.54. The highest BCUT2D eigenvalue weighted by Crippen LogP contribution is 2.27. The van der Waals surface area contributed by atoms with Gasteiger partial charge in [-0.1, -0.05) is 53.0 Å². The van der Waals surface area contributed by atoms with Gasteiger partial charge in [0, 0.05) is 21.1 Å². The van der Waals surface area contributed by atoms with Crippen LogP contribution in [0.1, 0.15) is 17.2 Å². The smallest absolute Gasteiger partial charge is 0.0468 e. The van der Waals surface area contributed by atoms with E-state index in [1.54, 1.807) is 12.1 Å². The van der Waals surface area contributed by atoms with Crippen LogP contribution in [0.4, 0.5) is 0 Å². The molecular weight excluding hydrogens is 289 g/mol. The zero-order valence-corrected chi connectivity index (χ0v) is 11.8. The fourth-order valence-electron chi connectivity index (χ4n) is 1.79. The highest BCUT2D eigenvalue weighted by Gasteiger charge is 2.11. The fourth-order valence-corrected chi connectivity index (χ4v) is 2.46. The van der Waals surface area contributed by atoms with Crippen LogP contribution in [0.2, 0.25) is 15.1 Å². The van der Waals surface area contributed by atoms with Crippen LogP contribution in [0.3, 0.4) is 0 Å². The van der Waals surface area contributed by atoms with E-state index >= 15 is 0 Å². The Kier molecular flexibility index (Phi) is 4.52. The number of halogens is 3. The summed E-state index contributed by atoms with van der Waals surface area (Å²) in [5.74, 6) is 0. The van der Waals surface area contributed by atoms with E-state index in [2.05, 4.69) is 0 Å². The third kappa shape index (κ3) is 3.39. The van der Waals surface area contributed by atoms with Crippen molar-refractivity contribution in [3.05, 3.63) is 68.7 Å². The molecule has 0 heterocycles. The molecule has 0 spiro atoms. The van der Waals surface area contributed by atoms with Crippen molar-refractivity contribution in [2.45, 2.75) is 12.5 Å². The molecule has 1 atom stereocenters. The normalized spacial score (nSPS) is 12.4. The van der Waals surface area contributed by atoms with E-state index in [4.69, 9.17) is 40.5 Å². The minimum Gasteiger partial charge on any atom is -0.324 e. The summed E-state index contributed by atoms with van der Waals surface area (Å²) in [6, 6.07) is 12.9. The van der Waals surface area contributed by atoms with E-state index in [1.807, 2.05) is 30.3 Å². The van der Waals surface area contributed by atoms with Crippen molar-refractivity contribution in [1.29, 1.82) is 0 Å². The van der Waals surface area contributed by atoms with Crippen LogP contribution in [-0.2, 0) is 6.42 Å². The molecule has 0 aliphatic heterocycles. The summed E-state index contributed by atoms with van der Waals surface area (Å²) in [7, 11) is 0. The molecule has 18 heavy (non-hydrogen) atoms. The maximum Gasteiger partial charge on any atom is 0.0468 e. The molecule has 94 valence electrons. The second kappa shape index (κ2) is 5.94. The maximum atomic E-state index is 6.16. The lowest BCUT2D eigenvalue weighted by molar-refractivity contribution is 0.722. The first-order chi connectivity index (χ1) is 8.56. The Hall–Kier alpha value is -0.730. The third-order valence-electron chi connectivity index (χ3n) is 2.73. The average molecular weight is 301 g/mol. The molecule has 0 amide bonds. The summed E-state index contributed by atoms with van der Waals surface area (Å²) in [4.78, 5) is 0. The number of hydrogen-bond acceptors (Lipinski definition) is 1. The molecule has 4 heteroatoms. The Morgan fingerprint density at radius 3 is 2.11 bits per heavy atom. The van der Waals surface area contributed by atoms with E-state index in [-0.39, 0.29) is 6.04 Å². The zero-order chi connectivity index (χ0) is 13.1. The maximum absolute atomic E-state index is 6.16. The van der Waals surface area contributed by atoms with Gasteiger partial charge in [0.1, 0.15) is 0 Å². The van der Waals surface area contributed by atoms with Crippen molar-refractivity contribution in [1.82, 2.24) is 0 Å². The van der Waals surface area contributed by atoms with E-state index in [1.165, 1.54) is 0 Å². The molecule has 2 aromatic carbocycles. The second-order valence-electron chi connectivity index (χ2n) is 4.10. The van der Waals surface area contributed by atoms with Gasteiger partial charge >= 0.3 is 0 Å². The Bertz CT molecular complexity index is 537. The summed E-state index contributed by atoms with van der Waals surface area (Å²) in [5, 5.41) is 1.93. The molecule has 2 rings (SSSR count). The van der Waals surface area contributed by atoms with Crippen molar-refractivity contribution in [3.63, 3.8) is 0 Å². The summed E-state index contributed by atoms with van der Waals surface area (Å²) in [6.45, 7) is 0. The fraction of sp³-hybridized carbons (Fsp3) is 0.143. The van der Waals surface area contributed by atoms with Crippen molar-refractivity contribution in [3.8, 4) is 0 Å². The van der Waals surface area contributed by atoms with Crippen LogP contribution < -0.4 is 5.73 Å². The van der Waals surface area contributed by atoms with Crippen molar-refractivity contribution < 1.29 is 0 Å². The van der Waals surface area contributed by atoms with Gasteiger partial charge in [-0.25, -0.2) is 0 Å². The summed E-state index contributed by atoms with van der Waals surface area (Å²) in [6.07, 6.45) is 0.707. The number of nitrogens with two attached hydrogens (primary N) is 1. The first-order valence-corrected chi connectivity index (χ1v) is 6.64. The largest absolute Gasteiger partial charge is 0.324 e. The van der Waals surface area contributed by atoms with Crippen LogP contribution >= 0.6 is 34.8 Å². The minimum absolute atomic E-state index is 0.157. The van der Waals surface area contributed by atoms with Gasteiger partial charge in [-0.05, 0) is 41.8 Å². The van der Waals surface area contributed by atoms with Crippen LogP contribution in [0, 0.1) is 0 Å². The molecule has 2 aromatic rings. The molecule has 0 bridgehead atoms. The quantitative estimate of drug-likeness (QED) is 0.858. The van der Waals surface area contributed by atoms with Gasteiger partial charge in [0.05, 0.1) is 0 Å². The van der Waals surface area contributed by atoms with Gasteiger partial charge in [-0.15, -0.1) is 0 Å². The van der Waals surface area contributed by atoms with E-state index in [9.17, 15) is 0 Å². The van der Waals surface area contributed by atoms with Crippen LogP contribution in [-0.4, -0.2) is 0 Å². The molecule has 0 aliphatic rings. The molecule has 0 aromatic heterocycles. The molecular formula is C14H12Cl3N. The molecule has 0 saturated heterocycles. The molecule has 1 unspecified atom stereocenters. The van der Waals surface area contributed by atoms with E-state index in [0.717, 1.165) is 16.1 Å². The first kappa shape index (κ1) is 13.7. The molecule has 0 aliphatic carbocycles. The van der Waals surface area contributed by atoms with Crippen molar-refractivity contribution >= 4 is 34.8 Å². The number of hydrogen-bond donors (Lipinski definition) is 1. The van der Waals surface area contributed by atoms with Crippen molar-refractivity contribution in [2.75, 3.05) is 0 Å². The van der Waals surface area contributed by atoms with Crippen molar-refractivity contribution in [2.24, 2.45) is 5.73 Å². The Morgan fingerprint density at radius 2 is 1.50 bits per heavy atom. The predicted octanol–water partition coefficient (Wildman–Crippen LogP) is 4.89. The van der Waals surface area contributed by atoms with E-state index < -0.39 is 0 Å². The number of benzene rings is 2. The lowest BCUT2D eigenvalue weighted by Crippen LogP contribution is -2.13. The second-order valence-corrected chi connectivity index (χ2v) is 5.38. The summed E-state index contributed by atoms with van der Waals surface area (Å²) >= 11 is 17.8. The molecule has 1 nitrogen and oxygen atoms in total. The Morgan fingerprint density at radius 1 is 0.889 bits per heavy atom. The number of rotatable bonds is 3. The molecule has 0 radical (unpaired) electrons. The van der Waals surface area contributed by atoms with Gasteiger partial charge in [0.25, 0.3) is 0 Å². The van der Waals surface area contributed by atoms with Crippen LogP contribution in [0.15, 0.2) is 42.5 Å². The third-order valence-corrected chi connectivity index (χ3v) is 3.55. The van der Waals surface area contributed by atoms with Crippen LogP contribution in [0.5, 0.6) is 0 Å². The first-order valence-electron chi connectivity index (χ1n) is 5.51. The molecule has 2 N–H and O–H groups in total. The van der Waals surface area contributed by atoms with Gasteiger partial charge in [-0.3, -0.25) is 0 Å². The van der Waals surface area contributed by atoms with E-state index in [0.29, 0.717) is 16.5 Å². The van der Waals surface area contributed by atoms with Gasteiger partial charge in [-0.2, -0.15) is 0 Å². The molecule has 0 fully saturated rings. The predicted molar refractivity (Wildman–Crippen MR) is 78.5 cm³/mol. The SMILES string of the molecule is NC(Cc1ccc(Cl)cc1)c1ccc(Cl)cc1Cl. The Labute approximate surface area is 121 Å². The average Bonchev–Trinajstić information content (AvgIpc) is 2.32. The minimum atomic E-state index is -0.157. The lowest BCUT2D eigenvalue weighted by Gasteiger charge is -2.14. The molecule has 0 saturated carbocycles.